The number of phenols is 1. The fourth-order valence-corrected chi connectivity index (χ4v) is 3.38. The number of nitrogens with zero attached hydrogens (tertiary/aromatic N) is 2. The maximum absolute atomic E-state index is 9.69. The lowest BCUT2D eigenvalue weighted by molar-refractivity contribution is 0.476. The molecule has 0 saturated heterocycles. The van der Waals surface area contributed by atoms with Gasteiger partial charge in [0.15, 0.2) is 4.96 Å². The zero-order chi connectivity index (χ0) is 13.7. The normalized spacial score (nSPS) is 11.4. The van der Waals surface area contributed by atoms with E-state index in [0.29, 0.717) is 5.02 Å². The van der Waals surface area contributed by atoms with Gasteiger partial charge < -0.3 is 5.11 Å². The van der Waals surface area contributed by atoms with Crippen molar-refractivity contribution < 1.29 is 5.11 Å². The van der Waals surface area contributed by atoms with Gasteiger partial charge in [0.2, 0.25) is 0 Å². The van der Waals surface area contributed by atoms with E-state index in [0.717, 1.165) is 21.7 Å². The molecule has 0 aliphatic carbocycles. The number of para-hydroxylation sites is 1. The molecule has 0 atom stereocenters. The molecule has 0 unspecified atom stereocenters. The highest BCUT2D eigenvalue weighted by molar-refractivity contribution is 7.23. The first-order valence-corrected chi connectivity index (χ1v) is 7.27. The maximum Gasteiger partial charge on any atom is 0.195 e. The minimum absolute atomic E-state index is 0.0744. The molecular weight excluding hydrogens is 292 g/mol. The summed E-state index contributed by atoms with van der Waals surface area (Å²) >= 11 is 7.48. The van der Waals surface area contributed by atoms with Crippen molar-refractivity contribution in [3.63, 3.8) is 0 Å². The number of thiazole rings is 1. The zero-order valence-electron chi connectivity index (χ0n) is 10.2. The molecule has 0 aliphatic rings. The van der Waals surface area contributed by atoms with Gasteiger partial charge >= 0.3 is 0 Å². The lowest BCUT2D eigenvalue weighted by Crippen LogP contribution is -1.78. The standard InChI is InChI=1S/C15H9ClN2OS/c16-10-6-5-9(7-13(10)19)11-8-18-12-3-1-2-4-14(12)20-15(18)17-11/h1-8,19H. The van der Waals surface area contributed by atoms with Gasteiger partial charge in [-0.05, 0) is 24.3 Å². The van der Waals surface area contributed by atoms with Crippen LogP contribution >= 0.6 is 22.9 Å². The first-order chi connectivity index (χ1) is 9.72. The van der Waals surface area contributed by atoms with E-state index in [-0.39, 0.29) is 5.75 Å². The van der Waals surface area contributed by atoms with Crippen LogP contribution in [0.2, 0.25) is 5.02 Å². The molecule has 5 heteroatoms. The molecular formula is C15H9ClN2OS. The van der Waals surface area contributed by atoms with Crippen LogP contribution < -0.4 is 0 Å². The van der Waals surface area contributed by atoms with Gasteiger partial charge in [-0.1, -0.05) is 41.1 Å². The van der Waals surface area contributed by atoms with Gasteiger partial charge in [0.05, 0.1) is 20.9 Å². The van der Waals surface area contributed by atoms with Gasteiger partial charge in [0, 0.05) is 11.8 Å². The van der Waals surface area contributed by atoms with Gasteiger partial charge in [0.1, 0.15) is 5.75 Å². The Morgan fingerprint density at radius 2 is 2.00 bits per heavy atom. The Hall–Kier alpha value is -2.04. The summed E-state index contributed by atoms with van der Waals surface area (Å²) in [6.45, 7) is 0. The summed E-state index contributed by atoms with van der Waals surface area (Å²) in [5, 5.41) is 10.0. The van der Waals surface area contributed by atoms with Crippen LogP contribution in [0.25, 0.3) is 26.4 Å². The highest BCUT2D eigenvalue weighted by atomic mass is 35.5. The van der Waals surface area contributed by atoms with Crippen LogP contribution in [0.4, 0.5) is 0 Å². The number of aromatic hydroxyl groups is 1. The van der Waals surface area contributed by atoms with Crippen molar-refractivity contribution in [3.8, 4) is 17.0 Å². The van der Waals surface area contributed by atoms with E-state index in [4.69, 9.17) is 11.6 Å². The number of benzene rings is 2. The van der Waals surface area contributed by atoms with E-state index in [9.17, 15) is 5.11 Å². The van der Waals surface area contributed by atoms with E-state index < -0.39 is 0 Å². The summed E-state index contributed by atoms with van der Waals surface area (Å²) in [4.78, 5) is 5.56. The molecule has 0 radical (unpaired) electrons. The van der Waals surface area contributed by atoms with Crippen molar-refractivity contribution in [2.75, 3.05) is 0 Å². The second-order valence-electron chi connectivity index (χ2n) is 4.51. The van der Waals surface area contributed by atoms with Crippen LogP contribution in [0, 0.1) is 0 Å². The number of aromatic nitrogens is 2. The number of imidazole rings is 1. The topological polar surface area (TPSA) is 37.5 Å². The zero-order valence-corrected chi connectivity index (χ0v) is 11.8. The molecule has 98 valence electrons. The van der Waals surface area contributed by atoms with Crippen LogP contribution in [0.1, 0.15) is 0 Å². The lowest BCUT2D eigenvalue weighted by atomic mass is 10.1. The molecule has 2 aromatic carbocycles. The number of phenolic OH excluding ortho intramolecular Hbond substituents is 1. The molecule has 1 N–H and O–H groups in total. The van der Waals surface area contributed by atoms with Crippen LogP contribution in [0.3, 0.4) is 0 Å². The first kappa shape index (κ1) is 11.8. The largest absolute Gasteiger partial charge is 0.506 e. The van der Waals surface area contributed by atoms with E-state index in [2.05, 4.69) is 21.5 Å². The Morgan fingerprint density at radius 3 is 2.85 bits per heavy atom. The van der Waals surface area contributed by atoms with Crippen molar-refractivity contribution >= 4 is 38.1 Å². The molecule has 0 aliphatic heterocycles. The van der Waals surface area contributed by atoms with Crippen molar-refractivity contribution in [3.05, 3.63) is 53.7 Å². The third-order valence-corrected chi connectivity index (χ3v) is 4.60. The average Bonchev–Trinajstić information content (AvgIpc) is 2.99. The Morgan fingerprint density at radius 1 is 1.15 bits per heavy atom. The van der Waals surface area contributed by atoms with Crippen molar-refractivity contribution in [1.29, 1.82) is 0 Å². The van der Waals surface area contributed by atoms with Crippen LogP contribution in [0.5, 0.6) is 5.75 Å². The van der Waals surface area contributed by atoms with E-state index >= 15 is 0 Å². The maximum atomic E-state index is 9.69. The molecule has 0 amide bonds. The lowest BCUT2D eigenvalue weighted by Gasteiger charge is -1.99. The first-order valence-electron chi connectivity index (χ1n) is 6.08. The van der Waals surface area contributed by atoms with Crippen LogP contribution in [-0.2, 0) is 0 Å². The van der Waals surface area contributed by atoms with Crippen molar-refractivity contribution in [1.82, 2.24) is 9.38 Å². The summed E-state index contributed by atoms with van der Waals surface area (Å²) in [5.74, 6) is 0.0744. The molecule has 0 fully saturated rings. The minimum Gasteiger partial charge on any atom is -0.506 e. The minimum atomic E-state index is 0.0744. The molecule has 4 rings (SSSR count). The number of rotatable bonds is 1. The SMILES string of the molecule is Oc1cc(-c2cn3c(n2)sc2ccccc23)ccc1Cl. The molecule has 0 bridgehead atoms. The molecule has 2 heterocycles. The van der Waals surface area contributed by atoms with Gasteiger partial charge in [-0.3, -0.25) is 4.40 Å². The summed E-state index contributed by atoms with van der Waals surface area (Å²) < 4.78 is 3.28. The van der Waals surface area contributed by atoms with E-state index in [1.165, 1.54) is 4.70 Å². The Bertz CT molecular complexity index is 942. The summed E-state index contributed by atoms with van der Waals surface area (Å²) in [6.07, 6.45) is 1.98. The fraction of sp³-hybridized carbons (Fsp3) is 0. The third-order valence-electron chi connectivity index (χ3n) is 3.24. The Labute approximate surface area is 123 Å². The van der Waals surface area contributed by atoms with Gasteiger partial charge in [0.25, 0.3) is 0 Å². The van der Waals surface area contributed by atoms with Gasteiger partial charge in [-0.15, -0.1) is 0 Å². The predicted molar refractivity (Wildman–Crippen MR) is 82.7 cm³/mol. The van der Waals surface area contributed by atoms with Crippen molar-refractivity contribution in [2.24, 2.45) is 0 Å². The summed E-state index contributed by atoms with van der Waals surface area (Å²) in [5.41, 5.74) is 2.82. The van der Waals surface area contributed by atoms with E-state index in [1.807, 2.05) is 24.4 Å². The summed E-state index contributed by atoms with van der Waals surface area (Å²) in [6, 6.07) is 13.4. The number of halogens is 1. The van der Waals surface area contributed by atoms with Crippen LogP contribution in [0.15, 0.2) is 48.7 Å². The van der Waals surface area contributed by atoms with Gasteiger partial charge in [-0.2, -0.15) is 0 Å². The molecule has 4 aromatic rings. The average molecular weight is 301 g/mol. The number of fused-ring (bicyclic) bond motifs is 3. The number of hydrogen-bond acceptors (Lipinski definition) is 3. The third kappa shape index (κ3) is 1.69. The smallest absolute Gasteiger partial charge is 0.195 e. The van der Waals surface area contributed by atoms with Gasteiger partial charge in [-0.25, -0.2) is 4.98 Å². The molecule has 2 aromatic heterocycles. The molecule has 0 spiro atoms. The predicted octanol–water partition coefficient (Wildman–Crippen LogP) is 4.58. The van der Waals surface area contributed by atoms with Crippen LogP contribution in [-0.4, -0.2) is 14.5 Å². The van der Waals surface area contributed by atoms with E-state index in [1.54, 1.807) is 23.5 Å². The molecule has 0 saturated carbocycles. The fourth-order valence-electron chi connectivity index (χ4n) is 2.26. The monoisotopic (exact) mass is 300 g/mol. The highest BCUT2D eigenvalue weighted by Gasteiger charge is 2.10. The second kappa shape index (κ2) is 4.23. The number of hydrogen-bond donors (Lipinski definition) is 1. The molecule has 20 heavy (non-hydrogen) atoms. The quantitative estimate of drug-likeness (QED) is 0.559. The Balaban J connectivity index is 1.94. The second-order valence-corrected chi connectivity index (χ2v) is 5.93. The Kier molecular flexibility index (Phi) is 2.49. The summed E-state index contributed by atoms with van der Waals surface area (Å²) in [7, 11) is 0. The molecule has 3 nitrogen and oxygen atoms in total. The highest BCUT2D eigenvalue weighted by Crippen LogP contribution is 2.32. The van der Waals surface area contributed by atoms with Crippen molar-refractivity contribution in [2.45, 2.75) is 0 Å².